The Morgan fingerprint density at radius 2 is 1.69 bits per heavy atom. The van der Waals surface area contributed by atoms with Crippen molar-refractivity contribution in [3.63, 3.8) is 0 Å². The van der Waals surface area contributed by atoms with Crippen LogP contribution in [0.15, 0.2) is 54.7 Å². The topological polar surface area (TPSA) is 65.5 Å². The van der Waals surface area contributed by atoms with Gasteiger partial charge in [0.05, 0.1) is 29.7 Å². The Bertz CT molecular complexity index is 1340. The first-order valence-corrected chi connectivity index (χ1v) is 10.5. The van der Waals surface area contributed by atoms with Gasteiger partial charge in [-0.1, -0.05) is 6.07 Å². The maximum atomic E-state index is 14.0. The Kier molecular flexibility index (Phi) is 6.15. The Labute approximate surface area is 201 Å². The lowest BCUT2D eigenvalue weighted by atomic mass is 10.0. The second-order valence-corrected chi connectivity index (χ2v) is 8.53. The molecule has 1 aliphatic rings. The van der Waals surface area contributed by atoms with Crippen LogP contribution in [0.2, 0.25) is 0 Å². The second kappa shape index (κ2) is 8.85. The van der Waals surface area contributed by atoms with Gasteiger partial charge in [-0.05, 0) is 61.9 Å². The van der Waals surface area contributed by atoms with Crippen molar-refractivity contribution >= 4 is 29.0 Å². The molecule has 1 fully saturated rings. The van der Waals surface area contributed by atoms with Crippen LogP contribution >= 0.6 is 0 Å². The van der Waals surface area contributed by atoms with E-state index in [0.29, 0.717) is 28.3 Å². The maximum Gasteiger partial charge on any atom is 0.419 e. The maximum absolute atomic E-state index is 14.0. The number of carbonyl (C=O) groups excluding carboxylic acids is 2. The molecule has 1 aromatic heterocycles. The number of amides is 3. The van der Waals surface area contributed by atoms with E-state index in [-0.39, 0.29) is 12.2 Å². The quantitative estimate of drug-likeness (QED) is 0.261. The standard InChI is InChI=1S/C24H18F6N4O2/c1-23(2)21(35)34(16-6-7-18(26)17(10-16)24(28,29)30)22(36)33(23)12-13-3-4-14(25)9-19(13)32-15-5-8-20(27)31-11-15/h3-11,32H,12H2,1-2H3. The van der Waals surface area contributed by atoms with Crippen molar-refractivity contribution in [2.45, 2.75) is 32.1 Å². The molecule has 3 amide bonds. The summed E-state index contributed by atoms with van der Waals surface area (Å²) in [5, 5.41) is 2.87. The summed E-state index contributed by atoms with van der Waals surface area (Å²) in [7, 11) is 0. The third kappa shape index (κ3) is 4.58. The molecule has 0 atom stereocenters. The lowest BCUT2D eigenvalue weighted by Crippen LogP contribution is -2.43. The normalized spacial score (nSPS) is 15.6. The number of anilines is 3. The molecule has 1 N–H and O–H groups in total. The molecule has 12 heteroatoms. The Morgan fingerprint density at radius 1 is 0.972 bits per heavy atom. The molecule has 0 spiro atoms. The van der Waals surface area contributed by atoms with Gasteiger partial charge in [0.2, 0.25) is 5.95 Å². The number of hydrogen-bond donors (Lipinski definition) is 1. The summed E-state index contributed by atoms with van der Waals surface area (Å²) in [6.07, 6.45) is -3.86. The van der Waals surface area contributed by atoms with Crippen molar-refractivity contribution in [3.05, 3.63) is 83.4 Å². The zero-order valence-electron chi connectivity index (χ0n) is 18.8. The molecule has 36 heavy (non-hydrogen) atoms. The van der Waals surface area contributed by atoms with E-state index in [1.165, 1.54) is 32.2 Å². The SMILES string of the molecule is CC1(C)C(=O)N(c2ccc(F)c(C(F)(F)F)c2)C(=O)N1Cc1ccc(F)cc1Nc1ccc(F)nc1. The number of benzene rings is 2. The highest BCUT2D eigenvalue weighted by Crippen LogP contribution is 2.38. The third-order valence-electron chi connectivity index (χ3n) is 5.74. The van der Waals surface area contributed by atoms with Gasteiger partial charge in [-0.15, -0.1) is 0 Å². The van der Waals surface area contributed by atoms with Crippen LogP contribution < -0.4 is 10.2 Å². The summed E-state index contributed by atoms with van der Waals surface area (Å²) in [6.45, 7) is 2.57. The Balaban J connectivity index is 1.68. The third-order valence-corrected chi connectivity index (χ3v) is 5.74. The minimum absolute atomic E-state index is 0.194. The number of pyridine rings is 1. The van der Waals surface area contributed by atoms with Gasteiger partial charge < -0.3 is 10.2 Å². The minimum Gasteiger partial charge on any atom is -0.354 e. The van der Waals surface area contributed by atoms with E-state index in [0.717, 1.165) is 29.2 Å². The minimum atomic E-state index is -5.04. The summed E-state index contributed by atoms with van der Waals surface area (Å²) in [5.41, 5.74) is -2.70. The molecule has 0 unspecified atom stereocenters. The number of imide groups is 1. The summed E-state index contributed by atoms with van der Waals surface area (Å²) < 4.78 is 80.5. The largest absolute Gasteiger partial charge is 0.419 e. The van der Waals surface area contributed by atoms with Gasteiger partial charge in [0.25, 0.3) is 5.91 Å². The van der Waals surface area contributed by atoms with Crippen molar-refractivity contribution in [1.82, 2.24) is 9.88 Å². The molecule has 1 aliphatic heterocycles. The molecular weight excluding hydrogens is 490 g/mol. The molecule has 0 radical (unpaired) electrons. The van der Waals surface area contributed by atoms with E-state index in [1.54, 1.807) is 0 Å². The van der Waals surface area contributed by atoms with E-state index in [9.17, 15) is 35.9 Å². The molecule has 4 rings (SSSR count). The van der Waals surface area contributed by atoms with Crippen LogP contribution in [0.1, 0.15) is 25.0 Å². The van der Waals surface area contributed by atoms with Crippen LogP contribution in [-0.2, 0) is 17.5 Å². The molecule has 6 nitrogen and oxygen atoms in total. The molecule has 0 aliphatic carbocycles. The summed E-state index contributed by atoms with van der Waals surface area (Å²) in [5.74, 6) is -3.71. The fraction of sp³-hybridized carbons (Fsp3) is 0.208. The van der Waals surface area contributed by atoms with Crippen LogP contribution in [0.5, 0.6) is 0 Å². The van der Waals surface area contributed by atoms with Gasteiger partial charge in [0.15, 0.2) is 0 Å². The number of halogens is 6. The van der Waals surface area contributed by atoms with Crippen molar-refractivity contribution in [3.8, 4) is 0 Å². The number of hydrogen-bond acceptors (Lipinski definition) is 4. The van der Waals surface area contributed by atoms with Gasteiger partial charge in [-0.2, -0.15) is 17.6 Å². The van der Waals surface area contributed by atoms with Crippen LogP contribution in [-0.4, -0.2) is 27.4 Å². The fourth-order valence-corrected chi connectivity index (χ4v) is 3.78. The van der Waals surface area contributed by atoms with E-state index in [4.69, 9.17) is 0 Å². The number of nitrogens with zero attached hydrogens (tertiary/aromatic N) is 3. The molecule has 2 heterocycles. The number of urea groups is 1. The monoisotopic (exact) mass is 508 g/mol. The van der Waals surface area contributed by atoms with E-state index >= 15 is 0 Å². The molecule has 2 aromatic carbocycles. The summed E-state index contributed by atoms with van der Waals surface area (Å²) >= 11 is 0. The summed E-state index contributed by atoms with van der Waals surface area (Å²) in [6, 6.07) is 6.97. The Hall–Kier alpha value is -4.09. The first kappa shape index (κ1) is 25.0. The average Bonchev–Trinajstić information content (AvgIpc) is 2.96. The zero-order chi connectivity index (χ0) is 26.4. The van der Waals surface area contributed by atoms with E-state index < -0.39 is 52.5 Å². The molecular formula is C24H18F6N4O2. The van der Waals surface area contributed by atoms with Crippen LogP contribution in [0, 0.1) is 17.6 Å². The van der Waals surface area contributed by atoms with Crippen molar-refractivity contribution in [2.75, 3.05) is 10.2 Å². The molecule has 0 saturated carbocycles. The molecule has 3 aromatic rings. The van der Waals surface area contributed by atoms with E-state index in [1.807, 2.05) is 0 Å². The number of rotatable bonds is 5. The van der Waals surface area contributed by atoms with Gasteiger partial charge in [0, 0.05) is 5.69 Å². The summed E-state index contributed by atoms with van der Waals surface area (Å²) in [4.78, 5) is 31.5. The van der Waals surface area contributed by atoms with Gasteiger partial charge in [-0.3, -0.25) is 4.79 Å². The number of aromatic nitrogens is 1. The zero-order valence-corrected chi connectivity index (χ0v) is 18.8. The highest BCUT2D eigenvalue weighted by molar-refractivity contribution is 6.23. The highest BCUT2D eigenvalue weighted by atomic mass is 19.4. The fourth-order valence-electron chi connectivity index (χ4n) is 3.78. The van der Waals surface area contributed by atoms with Crippen molar-refractivity contribution in [1.29, 1.82) is 0 Å². The Morgan fingerprint density at radius 3 is 2.33 bits per heavy atom. The number of alkyl halides is 3. The average molecular weight is 508 g/mol. The van der Waals surface area contributed by atoms with Crippen LogP contribution in [0.3, 0.4) is 0 Å². The number of nitrogens with one attached hydrogen (secondary N) is 1. The number of carbonyl (C=O) groups is 2. The van der Waals surface area contributed by atoms with Gasteiger partial charge >= 0.3 is 12.2 Å². The van der Waals surface area contributed by atoms with Crippen molar-refractivity contribution < 1.29 is 35.9 Å². The second-order valence-electron chi connectivity index (χ2n) is 8.53. The molecule has 0 bridgehead atoms. The van der Waals surface area contributed by atoms with Gasteiger partial charge in [-0.25, -0.2) is 23.5 Å². The lowest BCUT2D eigenvalue weighted by molar-refractivity contribution is -0.140. The van der Waals surface area contributed by atoms with Crippen LogP contribution in [0.4, 0.5) is 48.2 Å². The predicted octanol–water partition coefficient (Wildman–Crippen LogP) is 6.01. The van der Waals surface area contributed by atoms with Gasteiger partial charge in [0.1, 0.15) is 17.2 Å². The first-order valence-electron chi connectivity index (χ1n) is 10.5. The first-order chi connectivity index (χ1) is 16.8. The predicted molar refractivity (Wildman–Crippen MR) is 118 cm³/mol. The highest BCUT2D eigenvalue weighted by Gasteiger charge is 2.52. The smallest absolute Gasteiger partial charge is 0.354 e. The van der Waals surface area contributed by atoms with E-state index in [2.05, 4.69) is 10.3 Å². The van der Waals surface area contributed by atoms with Crippen molar-refractivity contribution in [2.24, 2.45) is 0 Å². The molecule has 188 valence electrons. The lowest BCUT2D eigenvalue weighted by Gasteiger charge is -2.28. The van der Waals surface area contributed by atoms with Crippen LogP contribution in [0.25, 0.3) is 0 Å². The molecule has 1 saturated heterocycles.